The minimum absolute atomic E-state index is 0.112. The monoisotopic (exact) mass is 368 g/mol. The van der Waals surface area contributed by atoms with Crippen molar-refractivity contribution in [2.75, 3.05) is 5.32 Å². The quantitative estimate of drug-likeness (QED) is 0.758. The van der Waals surface area contributed by atoms with E-state index in [0.717, 1.165) is 6.42 Å². The standard InChI is InChI=1S/C22H28N2O3/c1-21(2,3)15-22(4,5)24-19(25)16-11-13-18(14-12-16)27-20(26)23-17-9-7-6-8-10-17/h6-14H,15H2,1-5H3,(H,23,26)(H,24,25). The van der Waals surface area contributed by atoms with E-state index in [9.17, 15) is 9.59 Å². The molecule has 0 bridgehead atoms. The number of amides is 2. The summed E-state index contributed by atoms with van der Waals surface area (Å²) in [6.07, 6.45) is 0.275. The average molecular weight is 368 g/mol. The molecule has 144 valence electrons. The highest BCUT2D eigenvalue weighted by molar-refractivity contribution is 5.95. The molecule has 2 rings (SSSR count). The Morgan fingerprint density at radius 3 is 2.04 bits per heavy atom. The van der Waals surface area contributed by atoms with Crippen LogP contribution in [0.15, 0.2) is 54.6 Å². The van der Waals surface area contributed by atoms with E-state index in [2.05, 4.69) is 31.4 Å². The van der Waals surface area contributed by atoms with Crippen LogP contribution in [-0.4, -0.2) is 17.5 Å². The van der Waals surface area contributed by atoms with Crippen LogP contribution in [-0.2, 0) is 0 Å². The molecule has 0 radical (unpaired) electrons. The second-order valence-electron chi connectivity index (χ2n) is 8.48. The highest BCUT2D eigenvalue weighted by atomic mass is 16.6. The van der Waals surface area contributed by atoms with E-state index in [1.807, 2.05) is 32.0 Å². The minimum atomic E-state index is -0.579. The Morgan fingerprint density at radius 2 is 1.48 bits per heavy atom. The van der Waals surface area contributed by atoms with Crippen molar-refractivity contribution >= 4 is 17.7 Å². The highest BCUT2D eigenvalue weighted by Crippen LogP contribution is 2.27. The molecule has 0 fully saturated rings. The highest BCUT2D eigenvalue weighted by Gasteiger charge is 2.27. The maximum absolute atomic E-state index is 12.5. The molecule has 5 nitrogen and oxygen atoms in total. The molecule has 0 aliphatic carbocycles. The van der Waals surface area contributed by atoms with Gasteiger partial charge >= 0.3 is 6.09 Å². The van der Waals surface area contributed by atoms with Crippen LogP contribution in [0.25, 0.3) is 0 Å². The van der Waals surface area contributed by atoms with Gasteiger partial charge in [-0.25, -0.2) is 4.79 Å². The van der Waals surface area contributed by atoms with Crippen LogP contribution in [0.1, 0.15) is 51.4 Å². The zero-order chi connectivity index (χ0) is 20.1. The lowest BCUT2D eigenvalue weighted by Crippen LogP contribution is -2.45. The van der Waals surface area contributed by atoms with Crippen molar-refractivity contribution in [3.63, 3.8) is 0 Å². The van der Waals surface area contributed by atoms with Gasteiger partial charge in [-0.1, -0.05) is 39.0 Å². The van der Waals surface area contributed by atoms with Crippen LogP contribution in [0.3, 0.4) is 0 Å². The van der Waals surface area contributed by atoms with Gasteiger partial charge in [0.25, 0.3) is 5.91 Å². The van der Waals surface area contributed by atoms with E-state index in [-0.39, 0.29) is 16.9 Å². The molecule has 0 aromatic heterocycles. The summed E-state index contributed by atoms with van der Waals surface area (Å²) >= 11 is 0. The minimum Gasteiger partial charge on any atom is -0.410 e. The molecule has 0 saturated carbocycles. The van der Waals surface area contributed by atoms with Gasteiger partial charge in [-0.3, -0.25) is 10.1 Å². The van der Waals surface area contributed by atoms with Gasteiger partial charge < -0.3 is 10.1 Å². The lowest BCUT2D eigenvalue weighted by molar-refractivity contribution is 0.0891. The molecule has 2 aromatic rings. The van der Waals surface area contributed by atoms with E-state index in [0.29, 0.717) is 17.0 Å². The summed E-state index contributed by atoms with van der Waals surface area (Å²) in [6, 6.07) is 15.6. The second kappa shape index (κ2) is 8.25. The zero-order valence-corrected chi connectivity index (χ0v) is 16.6. The van der Waals surface area contributed by atoms with E-state index in [1.165, 1.54) is 0 Å². The summed E-state index contributed by atoms with van der Waals surface area (Å²) in [6.45, 7) is 10.5. The van der Waals surface area contributed by atoms with Crippen LogP contribution in [0.5, 0.6) is 5.75 Å². The fraction of sp³-hybridized carbons (Fsp3) is 0.364. The Kier molecular flexibility index (Phi) is 6.26. The zero-order valence-electron chi connectivity index (χ0n) is 16.6. The Labute approximate surface area is 161 Å². The summed E-state index contributed by atoms with van der Waals surface area (Å²) in [4.78, 5) is 24.4. The third-order valence-electron chi connectivity index (χ3n) is 3.77. The molecule has 2 N–H and O–H groups in total. The third-order valence-corrected chi connectivity index (χ3v) is 3.77. The first-order valence-corrected chi connectivity index (χ1v) is 9.01. The van der Waals surface area contributed by atoms with Gasteiger partial charge in [0.1, 0.15) is 5.75 Å². The van der Waals surface area contributed by atoms with Crippen LogP contribution in [0.2, 0.25) is 0 Å². The summed E-state index contributed by atoms with van der Waals surface area (Å²) < 4.78 is 5.24. The lowest BCUT2D eigenvalue weighted by atomic mass is 9.81. The van der Waals surface area contributed by atoms with Crippen molar-refractivity contribution in [3.05, 3.63) is 60.2 Å². The first-order valence-electron chi connectivity index (χ1n) is 9.01. The first-order chi connectivity index (χ1) is 12.5. The van der Waals surface area contributed by atoms with Crippen LogP contribution >= 0.6 is 0 Å². The summed E-state index contributed by atoms with van der Waals surface area (Å²) in [7, 11) is 0. The first kappa shape index (κ1) is 20.5. The topological polar surface area (TPSA) is 67.4 Å². The van der Waals surface area contributed by atoms with Gasteiger partial charge in [0, 0.05) is 16.8 Å². The Hall–Kier alpha value is -2.82. The number of ether oxygens (including phenoxy) is 1. The fourth-order valence-corrected chi connectivity index (χ4v) is 3.20. The van der Waals surface area contributed by atoms with Crippen molar-refractivity contribution in [1.82, 2.24) is 5.32 Å². The SMILES string of the molecule is CC(C)(C)CC(C)(C)NC(=O)c1ccc(OC(=O)Nc2ccccc2)cc1. The van der Waals surface area contributed by atoms with Crippen molar-refractivity contribution in [3.8, 4) is 5.75 Å². The number of anilines is 1. The Balaban J connectivity index is 1.94. The van der Waals surface area contributed by atoms with E-state index in [4.69, 9.17) is 4.74 Å². The van der Waals surface area contributed by atoms with Crippen LogP contribution < -0.4 is 15.4 Å². The molecule has 0 atom stereocenters. The maximum Gasteiger partial charge on any atom is 0.417 e. The number of para-hydroxylation sites is 1. The number of hydrogen-bond acceptors (Lipinski definition) is 3. The molecule has 2 amide bonds. The number of benzene rings is 2. The molecule has 0 aliphatic heterocycles. The van der Waals surface area contributed by atoms with Gasteiger partial charge in [0.05, 0.1) is 0 Å². The van der Waals surface area contributed by atoms with Crippen molar-refractivity contribution in [2.24, 2.45) is 5.41 Å². The molecule has 0 unspecified atom stereocenters. The summed E-state index contributed by atoms with van der Waals surface area (Å²) in [5, 5.41) is 5.70. The fourth-order valence-electron chi connectivity index (χ4n) is 3.20. The molecule has 0 aliphatic rings. The molecule has 2 aromatic carbocycles. The van der Waals surface area contributed by atoms with E-state index in [1.54, 1.807) is 36.4 Å². The van der Waals surface area contributed by atoms with Gasteiger partial charge in [-0.15, -0.1) is 0 Å². The molecular weight excluding hydrogens is 340 g/mol. The predicted octanol–water partition coefficient (Wildman–Crippen LogP) is 5.24. The van der Waals surface area contributed by atoms with Crippen molar-refractivity contribution in [2.45, 2.75) is 46.6 Å². The van der Waals surface area contributed by atoms with E-state index < -0.39 is 6.09 Å². The van der Waals surface area contributed by atoms with E-state index >= 15 is 0 Å². The molecule has 0 saturated heterocycles. The van der Waals surface area contributed by atoms with Crippen molar-refractivity contribution in [1.29, 1.82) is 0 Å². The van der Waals surface area contributed by atoms with Gasteiger partial charge in [-0.2, -0.15) is 0 Å². The van der Waals surface area contributed by atoms with Gasteiger partial charge in [-0.05, 0) is 62.1 Å². The van der Waals surface area contributed by atoms with Gasteiger partial charge in [0.2, 0.25) is 0 Å². The Bertz CT molecular complexity index is 775. The summed E-state index contributed by atoms with van der Waals surface area (Å²) in [5.74, 6) is 0.221. The van der Waals surface area contributed by atoms with Crippen molar-refractivity contribution < 1.29 is 14.3 Å². The molecule has 27 heavy (non-hydrogen) atoms. The van der Waals surface area contributed by atoms with Crippen LogP contribution in [0.4, 0.5) is 10.5 Å². The average Bonchev–Trinajstić information content (AvgIpc) is 2.53. The molecule has 5 heteroatoms. The Morgan fingerprint density at radius 1 is 0.889 bits per heavy atom. The predicted molar refractivity (Wildman–Crippen MR) is 108 cm³/mol. The largest absolute Gasteiger partial charge is 0.417 e. The number of rotatable bonds is 5. The maximum atomic E-state index is 12.5. The second-order valence-corrected chi connectivity index (χ2v) is 8.48. The number of hydrogen-bond donors (Lipinski definition) is 2. The summed E-state index contributed by atoms with van der Waals surface area (Å²) in [5.41, 5.74) is 0.966. The number of carbonyl (C=O) groups excluding carboxylic acids is 2. The molecule has 0 spiro atoms. The third kappa shape index (κ3) is 7.13. The smallest absolute Gasteiger partial charge is 0.410 e. The normalized spacial score (nSPS) is 11.6. The number of nitrogens with one attached hydrogen (secondary N) is 2. The molecular formula is C22H28N2O3. The lowest BCUT2D eigenvalue weighted by Gasteiger charge is -2.33. The van der Waals surface area contributed by atoms with Crippen LogP contribution in [0, 0.1) is 5.41 Å². The molecule has 0 heterocycles. The number of carbonyl (C=O) groups is 2. The van der Waals surface area contributed by atoms with Gasteiger partial charge in [0.15, 0.2) is 0 Å².